The van der Waals surface area contributed by atoms with E-state index in [0.717, 1.165) is 18.3 Å². The first-order chi connectivity index (χ1) is 9.67. The highest BCUT2D eigenvalue weighted by Crippen LogP contribution is 2.56. The topological polar surface area (TPSA) is 20.2 Å². The summed E-state index contributed by atoms with van der Waals surface area (Å²) in [6.07, 6.45) is 11.9. The Morgan fingerprint density at radius 1 is 1.20 bits per heavy atom. The van der Waals surface area contributed by atoms with Crippen LogP contribution in [0.25, 0.3) is 5.57 Å². The largest absolute Gasteiger partial charge is 0.508 e. The lowest BCUT2D eigenvalue weighted by Crippen LogP contribution is -2.40. The molecule has 0 aromatic heterocycles. The van der Waals surface area contributed by atoms with E-state index in [1.54, 1.807) is 5.57 Å². The monoisotopic (exact) mass is 268 g/mol. The average molecular weight is 268 g/mol. The van der Waals surface area contributed by atoms with E-state index in [1.165, 1.54) is 49.7 Å². The van der Waals surface area contributed by atoms with E-state index < -0.39 is 0 Å². The Morgan fingerprint density at radius 3 is 3.00 bits per heavy atom. The first-order valence-corrected chi connectivity index (χ1v) is 8.20. The molecule has 1 aromatic rings. The third-order valence-electron chi connectivity index (χ3n) is 6.21. The highest BCUT2D eigenvalue weighted by molar-refractivity contribution is 5.73. The van der Waals surface area contributed by atoms with E-state index in [4.69, 9.17) is 0 Å². The summed E-state index contributed by atoms with van der Waals surface area (Å²) in [5, 5.41) is 9.69. The molecular formula is C19H24O. The van der Waals surface area contributed by atoms with Crippen LogP contribution in [-0.2, 0) is 6.42 Å². The molecule has 0 saturated heterocycles. The van der Waals surface area contributed by atoms with E-state index in [1.807, 2.05) is 12.1 Å². The van der Waals surface area contributed by atoms with Crippen molar-refractivity contribution in [2.24, 2.45) is 17.3 Å². The van der Waals surface area contributed by atoms with Crippen molar-refractivity contribution < 1.29 is 5.11 Å². The fourth-order valence-electron chi connectivity index (χ4n) is 5.12. The zero-order valence-corrected chi connectivity index (χ0v) is 12.4. The van der Waals surface area contributed by atoms with Crippen LogP contribution < -0.4 is 0 Å². The summed E-state index contributed by atoms with van der Waals surface area (Å²) >= 11 is 0. The second-order valence-electron chi connectivity index (χ2n) is 7.36. The first-order valence-electron chi connectivity index (χ1n) is 8.20. The third kappa shape index (κ3) is 1.75. The minimum absolute atomic E-state index is 0.418. The Kier molecular flexibility index (Phi) is 2.73. The van der Waals surface area contributed by atoms with Crippen molar-refractivity contribution in [1.29, 1.82) is 0 Å². The molecule has 3 unspecified atom stereocenters. The third-order valence-corrected chi connectivity index (χ3v) is 6.21. The highest BCUT2D eigenvalue weighted by atomic mass is 16.3. The smallest absolute Gasteiger partial charge is 0.115 e. The molecule has 3 atom stereocenters. The van der Waals surface area contributed by atoms with Crippen molar-refractivity contribution in [2.75, 3.05) is 0 Å². The Bertz CT molecular complexity index is 571. The van der Waals surface area contributed by atoms with Crippen LogP contribution in [0.3, 0.4) is 0 Å². The highest BCUT2D eigenvalue weighted by Gasteiger charge is 2.45. The maximum absolute atomic E-state index is 9.69. The lowest BCUT2D eigenvalue weighted by atomic mass is 9.54. The number of phenols is 1. The van der Waals surface area contributed by atoms with Gasteiger partial charge >= 0.3 is 0 Å². The van der Waals surface area contributed by atoms with E-state index in [2.05, 4.69) is 19.1 Å². The van der Waals surface area contributed by atoms with Gasteiger partial charge in [0.15, 0.2) is 0 Å². The van der Waals surface area contributed by atoms with Crippen LogP contribution in [0.5, 0.6) is 5.75 Å². The standard InChI is InChI=1S/C19H24O/c1-19-10-3-2-4-18(19)17-7-5-13-12-14(20)6-8-15(13)16(17)9-11-19/h6,8-9,12,17-18,20H,2-5,7,10-11H2,1H3. The molecule has 0 bridgehead atoms. The van der Waals surface area contributed by atoms with Gasteiger partial charge in [-0.3, -0.25) is 0 Å². The van der Waals surface area contributed by atoms with Gasteiger partial charge in [0.25, 0.3) is 0 Å². The van der Waals surface area contributed by atoms with Gasteiger partial charge in [-0.05, 0) is 78.2 Å². The van der Waals surface area contributed by atoms with E-state index in [-0.39, 0.29) is 0 Å². The quantitative estimate of drug-likeness (QED) is 0.706. The van der Waals surface area contributed by atoms with E-state index in [9.17, 15) is 5.11 Å². The molecule has 3 aliphatic rings. The van der Waals surface area contributed by atoms with Gasteiger partial charge in [0.1, 0.15) is 5.75 Å². The van der Waals surface area contributed by atoms with Gasteiger partial charge < -0.3 is 5.11 Å². The Morgan fingerprint density at radius 2 is 2.10 bits per heavy atom. The average Bonchev–Trinajstić information content (AvgIpc) is 2.45. The van der Waals surface area contributed by atoms with Crippen LogP contribution in [0.1, 0.15) is 56.6 Å². The normalized spacial score (nSPS) is 35.5. The number of rotatable bonds is 0. The molecule has 20 heavy (non-hydrogen) atoms. The Hall–Kier alpha value is -1.24. The van der Waals surface area contributed by atoms with Gasteiger partial charge in [-0.15, -0.1) is 0 Å². The number of aromatic hydroxyl groups is 1. The summed E-state index contributed by atoms with van der Waals surface area (Å²) in [6.45, 7) is 2.52. The number of fused-ring (bicyclic) bond motifs is 5. The summed E-state index contributed by atoms with van der Waals surface area (Å²) in [6, 6.07) is 5.98. The molecule has 1 aromatic carbocycles. The lowest BCUT2D eigenvalue weighted by Gasteiger charge is -2.50. The van der Waals surface area contributed by atoms with Crippen molar-refractivity contribution >= 4 is 5.57 Å². The maximum atomic E-state index is 9.69. The summed E-state index contributed by atoms with van der Waals surface area (Å²) in [4.78, 5) is 0. The predicted octanol–water partition coefficient (Wildman–Crippen LogP) is 4.94. The van der Waals surface area contributed by atoms with Gasteiger partial charge in [-0.25, -0.2) is 0 Å². The number of benzene rings is 1. The van der Waals surface area contributed by atoms with Crippen molar-refractivity contribution in [2.45, 2.75) is 51.9 Å². The lowest BCUT2D eigenvalue weighted by molar-refractivity contribution is 0.0738. The van der Waals surface area contributed by atoms with Crippen LogP contribution in [-0.4, -0.2) is 5.11 Å². The van der Waals surface area contributed by atoms with Gasteiger partial charge in [-0.2, -0.15) is 0 Å². The zero-order valence-electron chi connectivity index (χ0n) is 12.4. The fourth-order valence-corrected chi connectivity index (χ4v) is 5.12. The molecule has 1 nitrogen and oxygen atoms in total. The summed E-state index contributed by atoms with van der Waals surface area (Å²) in [5.74, 6) is 2.07. The van der Waals surface area contributed by atoms with E-state index >= 15 is 0 Å². The van der Waals surface area contributed by atoms with Crippen LogP contribution in [0.15, 0.2) is 24.3 Å². The van der Waals surface area contributed by atoms with Gasteiger partial charge in [-0.1, -0.05) is 31.9 Å². The molecule has 1 heteroatoms. The number of allylic oxidation sites excluding steroid dienone is 2. The van der Waals surface area contributed by atoms with Crippen molar-refractivity contribution in [1.82, 2.24) is 0 Å². The summed E-state index contributed by atoms with van der Waals surface area (Å²) < 4.78 is 0. The minimum atomic E-state index is 0.418. The SMILES string of the molecule is CC12CC=C3c4ccc(O)cc4CCC3C1CCCC2. The van der Waals surface area contributed by atoms with Crippen LogP contribution >= 0.6 is 0 Å². The minimum Gasteiger partial charge on any atom is -0.508 e. The molecule has 3 aliphatic carbocycles. The zero-order chi connectivity index (χ0) is 13.7. The predicted molar refractivity (Wildman–Crippen MR) is 82.6 cm³/mol. The van der Waals surface area contributed by atoms with Gasteiger partial charge in [0.05, 0.1) is 0 Å². The van der Waals surface area contributed by atoms with Crippen molar-refractivity contribution in [3.05, 3.63) is 35.4 Å². The van der Waals surface area contributed by atoms with Crippen LogP contribution in [0.2, 0.25) is 0 Å². The molecule has 4 rings (SSSR count). The first kappa shape index (κ1) is 12.5. The second-order valence-corrected chi connectivity index (χ2v) is 7.36. The second kappa shape index (κ2) is 4.38. The molecular weight excluding hydrogens is 244 g/mol. The molecule has 106 valence electrons. The molecule has 0 amide bonds. The molecule has 0 radical (unpaired) electrons. The Balaban J connectivity index is 1.78. The summed E-state index contributed by atoms with van der Waals surface area (Å²) in [5.41, 5.74) is 4.93. The van der Waals surface area contributed by atoms with Crippen LogP contribution in [0, 0.1) is 17.3 Å². The molecule has 0 aliphatic heterocycles. The number of phenolic OH excluding ortho intramolecular Hbond substituents is 1. The number of hydrogen-bond acceptors (Lipinski definition) is 1. The molecule has 0 spiro atoms. The maximum Gasteiger partial charge on any atom is 0.115 e. The van der Waals surface area contributed by atoms with Gasteiger partial charge in [0, 0.05) is 0 Å². The molecule has 1 fully saturated rings. The summed E-state index contributed by atoms with van der Waals surface area (Å²) in [7, 11) is 0. The fraction of sp³-hybridized carbons (Fsp3) is 0.579. The van der Waals surface area contributed by atoms with Crippen molar-refractivity contribution in [3.63, 3.8) is 0 Å². The van der Waals surface area contributed by atoms with Crippen LogP contribution in [0.4, 0.5) is 0 Å². The number of hydrogen-bond donors (Lipinski definition) is 1. The van der Waals surface area contributed by atoms with Crippen molar-refractivity contribution in [3.8, 4) is 5.75 Å². The molecule has 1 saturated carbocycles. The van der Waals surface area contributed by atoms with Gasteiger partial charge in [0.2, 0.25) is 0 Å². The Labute approximate surface area is 121 Å². The molecule has 1 N–H and O–H groups in total. The van der Waals surface area contributed by atoms with E-state index in [0.29, 0.717) is 11.2 Å². The number of aryl methyl sites for hydroxylation is 1. The molecule has 0 heterocycles.